The van der Waals surface area contributed by atoms with Crippen molar-refractivity contribution in [3.63, 3.8) is 0 Å². The van der Waals surface area contributed by atoms with Crippen LogP contribution in [0, 0.1) is 0 Å². The van der Waals surface area contributed by atoms with Crippen molar-refractivity contribution in [2.45, 2.75) is 44.8 Å². The minimum Gasteiger partial charge on any atom is -0.328 e. The molecule has 2 heterocycles. The monoisotopic (exact) mass is 309 g/mol. The zero-order chi connectivity index (χ0) is 15.8. The van der Waals surface area contributed by atoms with Crippen molar-refractivity contribution in [3.05, 3.63) is 24.2 Å². The predicted molar refractivity (Wildman–Crippen MR) is 90.7 cm³/mol. The number of fused-ring (bicyclic) bond motifs is 1. The van der Waals surface area contributed by atoms with Gasteiger partial charge < -0.3 is 10.6 Å². The molecule has 0 bridgehead atoms. The van der Waals surface area contributed by atoms with E-state index >= 15 is 0 Å². The molecule has 2 aromatic rings. The van der Waals surface area contributed by atoms with E-state index in [9.17, 15) is 0 Å². The van der Waals surface area contributed by atoms with Gasteiger partial charge in [-0.15, -0.1) is 11.8 Å². The van der Waals surface area contributed by atoms with Crippen LogP contribution in [0.5, 0.6) is 0 Å². The summed E-state index contributed by atoms with van der Waals surface area (Å²) >= 11 is 1.66. The van der Waals surface area contributed by atoms with E-state index in [1.54, 1.807) is 18.1 Å². The summed E-state index contributed by atoms with van der Waals surface area (Å²) in [7, 11) is 2.12. The van der Waals surface area contributed by atoms with Gasteiger partial charge in [0.25, 0.3) is 0 Å². The molecule has 0 saturated carbocycles. The van der Waals surface area contributed by atoms with Crippen molar-refractivity contribution < 1.29 is 0 Å². The molecule has 1 unspecified atom stereocenters. The summed E-state index contributed by atoms with van der Waals surface area (Å²) in [5.74, 6) is 0. The van der Waals surface area contributed by atoms with Gasteiger partial charge in [0, 0.05) is 18.8 Å². The van der Waals surface area contributed by atoms with Crippen LogP contribution in [0.4, 0.5) is 0 Å². The van der Waals surface area contributed by atoms with Crippen LogP contribution in [0.25, 0.3) is 5.52 Å². The van der Waals surface area contributed by atoms with Crippen molar-refractivity contribution in [2.75, 3.05) is 19.8 Å². The summed E-state index contributed by atoms with van der Waals surface area (Å²) in [5.41, 5.74) is 7.71. The largest absolute Gasteiger partial charge is 0.328 e. The van der Waals surface area contributed by atoms with Crippen LogP contribution >= 0.6 is 11.8 Å². The van der Waals surface area contributed by atoms with E-state index in [1.165, 1.54) is 5.56 Å². The fourth-order valence-corrected chi connectivity index (χ4v) is 2.24. The highest BCUT2D eigenvalue weighted by Gasteiger charge is 2.10. The molecule has 0 aromatic carbocycles. The molecule has 0 fully saturated rings. The fourth-order valence-electron chi connectivity index (χ4n) is 1.67. The summed E-state index contributed by atoms with van der Waals surface area (Å²) in [5, 5.41) is 5.26. The lowest BCUT2D eigenvalue weighted by Crippen LogP contribution is -2.16. The number of nitrogens with two attached hydrogens (primary N) is 1. The van der Waals surface area contributed by atoms with Crippen molar-refractivity contribution >= 4 is 17.3 Å². The van der Waals surface area contributed by atoms with Gasteiger partial charge in [-0.05, 0) is 44.8 Å². The molecule has 1 atom stereocenters. The Morgan fingerprint density at radius 3 is 2.62 bits per heavy atom. The van der Waals surface area contributed by atoms with Crippen LogP contribution in [0.15, 0.2) is 23.6 Å². The molecular formula is C15H27N5S. The molecule has 2 rings (SSSR count). The molecule has 0 aliphatic heterocycles. The first-order valence-corrected chi connectivity index (χ1v) is 8.55. The van der Waals surface area contributed by atoms with Crippen molar-refractivity contribution in [3.8, 4) is 0 Å². The average Bonchev–Trinajstić information content (AvgIpc) is 2.90. The van der Waals surface area contributed by atoms with E-state index in [-0.39, 0.29) is 0 Å². The standard InChI is InChI=1S/C11H16N4S.C4H11N/c1-4-14(2)7-9-5-6-15-10(9)11(16-3)12-8-13-15;1-3-4(2)5/h5-6,8H,4,7H2,1-3H3;4H,3,5H2,1-2H3. The molecule has 118 valence electrons. The van der Waals surface area contributed by atoms with Crippen LogP contribution < -0.4 is 5.73 Å². The lowest BCUT2D eigenvalue weighted by atomic mass is 10.2. The first kappa shape index (κ1) is 17.9. The quantitative estimate of drug-likeness (QED) is 0.860. The lowest BCUT2D eigenvalue weighted by Gasteiger charge is -2.13. The summed E-state index contributed by atoms with van der Waals surface area (Å²) in [6.07, 6.45) is 6.73. The number of thioether (sulfide) groups is 1. The van der Waals surface area contributed by atoms with Crippen LogP contribution in [-0.2, 0) is 6.54 Å². The average molecular weight is 309 g/mol. The van der Waals surface area contributed by atoms with E-state index in [2.05, 4.69) is 41.9 Å². The van der Waals surface area contributed by atoms with Gasteiger partial charge in [-0.2, -0.15) is 5.10 Å². The molecule has 0 aliphatic rings. The number of hydrogen-bond donors (Lipinski definition) is 1. The zero-order valence-electron chi connectivity index (χ0n) is 13.7. The van der Waals surface area contributed by atoms with Gasteiger partial charge in [-0.3, -0.25) is 0 Å². The molecule has 0 amide bonds. The highest BCUT2D eigenvalue weighted by atomic mass is 32.2. The number of aromatic nitrogens is 3. The maximum atomic E-state index is 5.29. The van der Waals surface area contributed by atoms with Gasteiger partial charge in [-0.25, -0.2) is 9.50 Å². The van der Waals surface area contributed by atoms with Crippen LogP contribution in [0.3, 0.4) is 0 Å². The second-order valence-corrected chi connectivity index (χ2v) is 5.91. The predicted octanol–water partition coefficient (Wildman–Crippen LogP) is 2.65. The first-order chi connectivity index (χ1) is 10.0. The Kier molecular flexibility index (Phi) is 7.71. The van der Waals surface area contributed by atoms with E-state index < -0.39 is 0 Å². The molecule has 6 heteroatoms. The molecule has 0 aliphatic carbocycles. The third-order valence-corrected chi connectivity index (χ3v) is 4.01. The van der Waals surface area contributed by atoms with Gasteiger partial charge in [0.05, 0.1) is 0 Å². The van der Waals surface area contributed by atoms with Gasteiger partial charge >= 0.3 is 0 Å². The second kappa shape index (κ2) is 9.02. The van der Waals surface area contributed by atoms with Crippen molar-refractivity contribution in [2.24, 2.45) is 5.73 Å². The Morgan fingerprint density at radius 2 is 2.10 bits per heavy atom. The smallest absolute Gasteiger partial charge is 0.137 e. The van der Waals surface area contributed by atoms with Crippen molar-refractivity contribution in [1.29, 1.82) is 0 Å². The van der Waals surface area contributed by atoms with Crippen LogP contribution in [0.1, 0.15) is 32.8 Å². The maximum absolute atomic E-state index is 5.29. The highest BCUT2D eigenvalue weighted by Crippen LogP contribution is 2.22. The molecule has 0 radical (unpaired) electrons. The van der Waals surface area contributed by atoms with Crippen LogP contribution in [0.2, 0.25) is 0 Å². The van der Waals surface area contributed by atoms with Gasteiger partial charge in [0.1, 0.15) is 16.9 Å². The normalized spacial score (nSPS) is 12.3. The Bertz CT molecular complexity index is 538. The Labute approximate surface area is 131 Å². The second-order valence-electron chi connectivity index (χ2n) is 5.12. The lowest BCUT2D eigenvalue weighted by molar-refractivity contribution is 0.347. The molecule has 0 saturated heterocycles. The number of rotatable bonds is 5. The summed E-state index contributed by atoms with van der Waals surface area (Å²) < 4.78 is 1.90. The van der Waals surface area contributed by atoms with Crippen LogP contribution in [-0.4, -0.2) is 45.4 Å². The Hall–Kier alpha value is -1.11. The number of nitrogens with zero attached hydrogens (tertiary/aromatic N) is 4. The fraction of sp³-hybridized carbons (Fsp3) is 0.600. The maximum Gasteiger partial charge on any atom is 0.137 e. The molecular weight excluding hydrogens is 282 g/mol. The highest BCUT2D eigenvalue weighted by molar-refractivity contribution is 7.98. The summed E-state index contributed by atoms with van der Waals surface area (Å²) in [4.78, 5) is 6.57. The Morgan fingerprint density at radius 1 is 1.43 bits per heavy atom. The van der Waals surface area contributed by atoms with E-state index in [0.717, 1.165) is 30.1 Å². The van der Waals surface area contributed by atoms with Gasteiger partial charge in [0.15, 0.2) is 0 Å². The van der Waals surface area contributed by atoms with E-state index in [4.69, 9.17) is 5.73 Å². The Balaban J connectivity index is 0.000000383. The zero-order valence-corrected chi connectivity index (χ0v) is 14.5. The minimum atomic E-state index is 0.384. The SMILES string of the molecule is CCC(C)N.CCN(C)Cc1ccn2ncnc(SC)c12. The van der Waals surface area contributed by atoms with Gasteiger partial charge in [-0.1, -0.05) is 13.8 Å². The van der Waals surface area contributed by atoms with Gasteiger partial charge in [0.2, 0.25) is 0 Å². The summed E-state index contributed by atoms with van der Waals surface area (Å²) in [6, 6.07) is 2.51. The van der Waals surface area contributed by atoms with E-state index in [1.807, 2.05) is 23.9 Å². The van der Waals surface area contributed by atoms with E-state index in [0.29, 0.717) is 6.04 Å². The third kappa shape index (κ3) is 5.30. The minimum absolute atomic E-state index is 0.384. The molecule has 0 spiro atoms. The summed E-state index contributed by atoms with van der Waals surface area (Å²) in [6.45, 7) is 8.21. The molecule has 2 aromatic heterocycles. The topological polar surface area (TPSA) is 59.5 Å². The molecule has 5 nitrogen and oxygen atoms in total. The first-order valence-electron chi connectivity index (χ1n) is 7.32. The van der Waals surface area contributed by atoms with Crippen molar-refractivity contribution in [1.82, 2.24) is 19.5 Å². The molecule has 2 N–H and O–H groups in total. The molecule has 21 heavy (non-hydrogen) atoms. The number of hydrogen-bond acceptors (Lipinski definition) is 5. The third-order valence-electron chi connectivity index (χ3n) is 3.32.